The molecule has 5 nitrogen and oxygen atoms in total. The number of carbonyl (C=O) groups is 2. The second kappa shape index (κ2) is 10.4. The van der Waals surface area contributed by atoms with Crippen LogP contribution in [-0.2, 0) is 22.4 Å². The summed E-state index contributed by atoms with van der Waals surface area (Å²) in [4.78, 5) is 31.9. The van der Waals surface area contributed by atoms with Gasteiger partial charge in [-0.1, -0.05) is 43.3 Å². The van der Waals surface area contributed by atoms with Gasteiger partial charge in [-0.2, -0.15) is 0 Å². The fraction of sp³-hybridized carbons (Fsp3) is 0.261. The van der Waals surface area contributed by atoms with Crippen molar-refractivity contribution in [1.82, 2.24) is 9.88 Å². The van der Waals surface area contributed by atoms with Crippen LogP contribution in [0.3, 0.4) is 0 Å². The van der Waals surface area contributed by atoms with Gasteiger partial charge in [0, 0.05) is 22.9 Å². The molecule has 1 heterocycles. The number of benzene rings is 2. The van der Waals surface area contributed by atoms with Crippen molar-refractivity contribution in [3.05, 3.63) is 65.2 Å². The number of thiazole rings is 1. The number of nitrogens with zero attached hydrogens (tertiary/aromatic N) is 2. The Morgan fingerprint density at radius 3 is 2.57 bits per heavy atom. The summed E-state index contributed by atoms with van der Waals surface area (Å²) in [6.45, 7) is 2.12. The largest absolute Gasteiger partial charge is 0.336 e. The minimum atomic E-state index is -0.220. The summed E-state index contributed by atoms with van der Waals surface area (Å²) in [5.74, 6) is -0.358. The molecule has 7 heteroatoms. The molecule has 0 aliphatic heterocycles. The Labute approximate surface area is 185 Å². The zero-order chi connectivity index (χ0) is 21.5. The Bertz CT molecular complexity index is 1020. The highest BCUT2D eigenvalue weighted by Crippen LogP contribution is 2.25. The summed E-state index contributed by atoms with van der Waals surface area (Å²) in [6.07, 6.45) is 3.14. The van der Waals surface area contributed by atoms with E-state index in [-0.39, 0.29) is 24.8 Å². The maximum atomic E-state index is 12.6. The van der Waals surface area contributed by atoms with Crippen molar-refractivity contribution < 1.29 is 9.59 Å². The van der Waals surface area contributed by atoms with E-state index in [0.717, 1.165) is 33.3 Å². The lowest BCUT2D eigenvalue weighted by molar-refractivity contribution is -0.132. The van der Waals surface area contributed by atoms with Crippen LogP contribution in [0.2, 0.25) is 0 Å². The third-order valence-corrected chi connectivity index (χ3v) is 6.42. The van der Waals surface area contributed by atoms with Crippen LogP contribution in [0.5, 0.6) is 0 Å². The molecule has 0 unspecified atom stereocenters. The van der Waals surface area contributed by atoms with Crippen molar-refractivity contribution in [2.45, 2.75) is 24.7 Å². The summed E-state index contributed by atoms with van der Waals surface area (Å²) < 4.78 is 0. The van der Waals surface area contributed by atoms with Gasteiger partial charge in [0.05, 0.1) is 24.3 Å². The fourth-order valence-electron chi connectivity index (χ4n) is 2.93. The van der Waals surface area contributed by atoms with Crippen molar-refractivity contribution in [2.24, 2.45) is 0 Å². The molecule has 0 radical (unpaired) electrons. The Morgan fingerprint density at radius 1 is 1.13 bits per heavy atom. The second-order valence-corrected chi connectivity index (χ2v) is 8.58. The number of para-hydroxylation sites is 1. The second-order valence-electron chi connectivity index (χ2n) is 6.87. The highest BCUT2D eigenvalue weighted by molar-refractivity contribution is 7.98. The van der Waals surface area contributed by atoms with Gasteiger partial charge in [0.15, 0.2) is 0 Å². The molecule has 0 atom stereocenters. The first-order valence-corrected chi connectivity index (χ1v) is 11.8. The molecule has 0 spiro atoms. The molecule has 2 amide bonds. The first kappa shape index (κ1) is 22.1. The van der Waals surface area contributed by atoms with Crippen molar-refractivity contribution in [1.29, 1.82) is 0 Å². The topological polar surface area (TPSA) is 62.3 Å². The SMILES string of the molecule is CCc1ccc(-c2nc(CC(=O)N(C)CC(=O)Nc3ccccc3SC)cs2)cc1. The van der Waals surface area contributed by atoms with Gasteiger partial charge in [0.1, 0.15) is 5.01 Å². The van der Waals surface area contributed by atoms with Crippen LogP contribution >= 0.6 is 23.1 Å². The van der Waals surface area contributed by atoms with Crippen LogP contribution in [0.25, 0.3) is 10.6 Å². The maximum Gasteiger partial charge on any atom is 0.244 e. The quantitative estimate of drug-likeness (QED) is 0.515. The minimum absolute atomic E-state index is 0.00295. The van der Waals surface area contributed by atoms with E-state index in [1.54, 1.807) is 18.8 Å². The predicted molar refractivity (Wildman–Crippen MR) is 125 cm³/mol. The molecule has 0 saturated carbocycles. The van der Waals surface area contributed by atoms with Gasteiger partial charge in [0.25, 0.3) is 0 Å². The third kappa shape index (κ3) is 5.70. The Hall–Kier alpha value is -2.64. The number of likely N-dealkylation sites (N-methyl/N-ethyl adjacent to an activating group) is 1. The number of aromatic nitrogens is 1. The van der Waals surface area contributed by atoms with E-state index >= 15 is 0 Å². The highest BCUT2D eigenvalue weighted by atomic mass is 32.2. The Balaban J connectivity index is 1.56. The van der Waals surface area contributed by atoms with Crippen molar-refractivity contribution >= 4 is 40.6 Å². The van der Waals surface area contributed by atoms with Crippen LogP contribution in [0, 0.1) is 0 Å². The number of aryl methyl sites for hydroxylation is 1. The summed E-state index contributed by atoms with van der Waals surface area (Å²) >= 11 is 3.09. The molecule has 1 N–H and O–H groups in total. The van der Waals surface area contributed by atoms with Gasteiger partial charge in [-0.25, -0.2) is 4.98 Å². The van der Waals surface area contributed by atoms with Gasteiger partial charge in [-0.3, -0.25) is 9.59 Å². The first-order valence-electron chi connectivity index (χ1n) is 9.70. The van der Waals surface area contributed by atoms with E-state index in [1.165, 1.54) is 21.8 Å². The molecular formula is C23H25N3O2S2. The fourth-order valence-corrected chi connectivity index (χ4v) is 4.31. The maximum absolute atomic E-state index is 12.6. The van der Waals surface area contributed by atoms with E-state index in [4.69, 9.17) is 0 Å². The molecule has 0 bridgehead atoms. The minimum Gasteiger partial charge on any atom is -0.336 e. The monoisotopic (exact) mass is 439 g/mol. The number of hydrogen-bond donors (Lipinski definition) is 1. The average molecular weight is 440 g/mol. The Kier molecular flexibility index (Phi) is 7.65. The standard InChI is InChI=1S/C23H25N3O2S2/c1-4-16-9-11-17(12-10-16)23-24-18(15-30-23)13-22(28)26(2)14-21(27)25-19-7-5-6-8-20(19)29-3/h5-12,15H,4,13-14H2,1-3H3,(H,25,27). The first-order chi connectivity index (χ1) is 14.5. The molecule has 156 valence electrons. The normalized spacial score (nSPS) is 10.6. The lowest BCUT2D eigenvalue weighted by atomic mass is 10.1. The van der Waals surface area contributed by atoms with Crippen LogP contribution in [-0.4, -0.2) is 41.5 Å². The predicted octanol–water partition coefficient (Wildman–Crippen LogP) is 4.73. The number of carbonyl (C=O) groups excluding carboxylic acids is 2. The number of anilines is 1. The summed E-state index contributed by atoms with van der Waals surface area (Å²) in [7, 11) is 1.64. The zero-order valence-electron chi connectivity index (χ0n) is 17.3. The van der Waals surface area contributed by atoms with Crippen LogP contribution in [0.15, 0.2) is 58.8 Å². The molecule has 0 saturated heterocycles. The molecule has 3 rings (SSSR count). The molecule has 2 aromatic carbocycles. The Morgan fingerprint density at radius 2 is 1.87 bits per heavy atom. The van der Waals surface area contributed by atoms with Crippen molar-refractivity contribution in [3.63, 3.8) is 0 Å². The van der Waals surface area contributed by atoms with Crippen molar-refractivity contribution in [2.75, 3.05) is 25.2 Å². The number of nitrogens with one attached hydrogen (secondary N) is 1. The zero-order valence-corrected chi connectivity index (χ0v) is 19.0. The van der Waals surface area contributed by atoms with Gasteiger partial charge < -0.3 is 10.2 Å². The lowest BCUT2D eigenvalue weighted by Crippen LogP contribution is -2.35. The van der Waals surface area contributed by atoms with Gasteiger partial charge in [0.2, 0.25) is 11.8 Å². The molecule has 1 aromatic heterocycles. The van der Waals surface area contributed by atoms with E-state index in [2.05, 4.69) is 41.5 Å². The number of rotatable bonds is 8. The van der Waals surface area contributed by atoms with Crippen LogP contribution < -0.4 is 5.32 Å². The smallest absolute Gasteiger partial charge is 0.244 e. The van der Waals surface area contributed by atoms with Gasteiger partial charge in [-0.15, -0.1) is 23.1 Å². The molecule has 3 aromatic rings. The van der Waals surface area contributed by atoms with E-state index in [0.29, 0.717) is 0 Å². The van der Waals surface area contributed by atoms with Gasteiger partial charge >= 0.3 is 0 Å². The highest BCUT2D eigenvalue weighted by Gasteiger charge is 2.16. The van der Waals surface area contributed by atoms with Crippen LogP contribution in [0.4, 0.5) is 5.69 Å². The summed E-state index contributed by atoms with van der Waals surface area (Å²) in [5.41, 5.74) is 3.82. The molecule has 30 heavy (non-hydrogen) atoms. The molecule has 0 aliphatic carbocycles. The molecule has 0 aliphatic rings. The van der Waals surface area contributed by atoms with E-state index < -0.39 is 0 Å². The number of amides is 2. The third-order valence-electron chi connectivity index (χ3n) is 4.68. The average Bonchev–Trinajstić information content (AvgIpc) is 3.22. The van der Waals surface area contributed by atoms with Crippen LogP contribution in [0.1, 0.15) is 18.2 Å². The summed E-state index contributed by atoms with van der Waals surface area (Å²) in [5, 5.41) is 5.68. The number of hydrogen-bond acceptors (Lipinski definition) is 5. The van der Waals surface area contributed by atoms with E-state index in [9.17, 15) is 9.59 Å². The molecular weight excluding hydrogens is 414 g/mol. The van der Waals surface area contributed by atoms with Crippen molar-refractivity contribution in [3.8, 4) is 10.6 Å². The van der Waals surface area contributed by atoms with E-state index in [1.807, 2.05) is 35.9 Å². The summed E-state index contributed by atoms with van der Waals surface area (Å²) in [6, 6.07) is 15.9. The lowest BCUT2D eigenvalue weighted by Gasteiger charge is -2.17. The number of thioether (sulfide) groups is 1. The van der Waals surface area contributed by atoms with Gasteiger partial charge in [-0.05, 0) is 30.4 Å². The molecule has 0 fully saturated rings.